The molecule has 0 saturated carbocycles. The Morgan fingerprint density at radius 1 is 1.37 bits per heavy atom. The molecule has 0 spiro atoms. The molecule has 0 aliphatic carbocycles. The number of rotatable bonds is 2. The summed E-state index contributed by atoms with van der Waals surface area (Å²) >= 11 is 1.66. The van der Waals surface area contributed by atoms with Crippen molar-refractivity contribution < 1.29 is 4.74 Å². The van der Waals surface area contributed by atoms with Crippen LogP contribution in [0.3, 0.4) is 0 Å². The molecule has 0 amide bonds. The topological polar surface area (TPSA) is 48.1 Å². The fourth-order valence-corrected chi connectivity index (χ4v) is 3.53. The van der Waals surface area contributed by atoms with E-state index in [1.54, 1.807) is 11.3 Å². The monoisotopic (exact) mass is 274 g/mol. The molecule has 4 heteroatoms. The molecule has 2 heterocycles. The molecule has 1 aromatic carbocycles. The molecule has 19 heavy (non-hydrogen) atoms. The van der Waals surface area contributed by atoms with Crippen LogP contribution in [0.5, 0.6) is 5.75 Å². The molecule has 0 fully saturated rings. The zero-order valence-electron chi connectivity index (χ0n) is 11.2. The Morgan fingerprint density at radius 3 is 2.89 bits per heavy atom. The van der Waals surface area contributed by atoms with Gasteiger partial charge in [-0.1, -0.05) is 32.0 Å². The van der Waals surface area contributed by atoms with Crippen LogP contribution in [0.2, 0.25) is 0 Å². The highest BCUT2D eigenvalue weighted by Crippen LogP contribution is 2.41. The molecule has 1 aliphatic heterocycles. The molecule has 0 bridgehead atoms. The van der Waals surface area contributed by atoms with Crippen molar-refractivity contribution >= 4 is 11.3 Å². The van der Waals surface area contributed by atoms with E-state index >= 15 is 0 Å². The Labute approximate surface area is 117 Å². The van der Waals surface area contributed by atoms with Gasteiger partial charge < -0.3 is 10.5 Å². The number of hydrogen-bond donors (Lipinski definition) is 1. The summed E-state index contributed by atoms with van der Waals surface area (Å²) in [6, 6.07) is 8.01. The number of aromatic nitrogens is 1. The molecule has 0 saturated heterocycles. The third kappa shape index (κ3) is 2.05. The highest BCUT2D eigenvalue weighted by molar-refractivity contribution is 7.09. The number of para-hydroxylation sites is 1. The molecule has 2 N–H and O–H groups in total. The van der Waals surface area contributed by atoms with Gasteiger partial charge in [-0.05, 0) is 12.0 Å². The van der Waals surface area contributed by atoms with E-state index in [0.717, 1.165) is 28.4 Å². The van der Waals surface area contributed by atoms with Gasteiger partial charge in [0.25, 0.3) is 0 Å². The van der Waals surface area contributed by atoms with Crippen LogP contribution in [0.25, 0.3) is 0 Å². The smallest absolute Gasteiger partial charge is 0.124 e. The predicted molar refractivity (Wildman–Crippen MR) is 77.7 cm³/mol. The van der Waals surface area contributed by atoms with Crippen LogP contribution in [-0.2, 0) is 5.54 Å². The Morgan fingerprint density at radius 2 is 2.16 bits per heavy atom. The molecule has 100 valence electrons. The first kappa shape index (κ1) is 12.6. The van der Waals surface area contributed by atoms with Crippen molar-refractivity contribution in [2.24, 2.45) is 5.73 Å². The summed E-state index contributed by atoms with van der Waals surface area (Å²) in [7, 11) is 0. The van der Waals surface area contributed by atoms with E-state index in [-0.39, 0.29) is 0 Å². The zero-order valence-corrected chi connectivity index (χ0v) is 12.0. The largest absolute Gasteiger partial charge is 0.493 e. The minimum Gasteiger partial charge on any atom is -0.493 e. The van der Waals surface area contributed by atoms with E-state index < -0.39 is 5.54 Å². The first-order valence-electron chi connectivity index (χ1n) is 6.58. The summed E-state index contributed by atoms with van der Waals surface area (Å²) in [4.78, 5) is 4.74. The van der Waals surface area contributed by atoms with Gasteiger partial charge in [0.15, 0.2) is 0 Å². The summed E-state index contributed by atoms with van der Waals surface area (Å²) in [5.74, 6) is 1.32. The SMILES string of the molecule is CC(C)c1csc(C2(N)CCOc3ccccc32)n1. The number of ether oxygens (including phenoxy) is 1. The quantitative estimate of drug-likeness (QED) is 0.914. The molecule has 1 aliphatic rings. The van der Waals surface area contributed by atoms with Gasteiger partial charge in [-0.25, -0.2) is 4.98 Å². The van der Waals surface area contributed by atoms with Crippen LogP contribution in [0.4, 0.5) is 0 Å². The lowest BCUT2D eigenvalue weighted by atomic mass is 9.86. The highest BCUT2D eigenvalue weighted by Gasteiger charge is 2.38. The Bertz CT molecular complexity index is 593. The maximum Gasteiger partial charge on any atom is 0.124 e. The zero-order chi connectivity index (χ0) is 13.5. The van der Waals surface area contributed by atoms with Gasteiger partial charge in [0.1, 0.15) is 16.3 Å². The lowest BCUT2D eigenvalue weighted by Crippen LogP contribution is -2.42. The second-order valence-electron chi connectivity index (χ2n) is 5.30. The van der Waals surface area contributed by atoms with Crippen LogP contribution < -0.4 is 10.5 Å². The number of nitrogens with zero attached hydrogens (tertiary/aromatic N) is 1. The number of hydrogen-bond acceptors (Lipinski definition) is 4. The average molecular weight is 274 g/mol. The first-order chi connectivity index (χ1) is 9.11. The number of fused-ring (bicyclic) bond motifs is 1. The lowest BCUT2D eigenvalue weighted by Gasteiger charge is -2.33. The van der Waals surface area contributed by atoms with Crippen molar-refractivity contribution in [1.82, 2.24) is 4.98 Å². The van der Waals surface area contributed by atoms with Crippen molar-refractivity contribution in [3.63, 3.8) is 0 Å². The van der Waals surface area contributed by atoms with Crippen molar-refractivity contribution in [2.75, 3.05) is 6.61 Å². The maximum atomic E-state index is 6.67. The average Bonchev–Trinajstić information content (AvgIpc) is 2.90. The van der Waals surface area contributed by atoms with Crippen molar-refractivity contribution in [2.45, 2.75) is 31.7 Å². The number of thiazole rings is 1. The van der Waals surface area contributed by atoms with Crippen molar-refractivity contribution in [3.8, 4) is 5.75 Å². The third-order valence-corrected chi connectivity index (χ3v) is 4.65. The molecule has 1 atom stereocenters. The Balaban J connectivity index is 2.08. The Kier molecular flexibility index (Phi) is 3.07. The van der Waals surface area contributed by atoms with Gasteiger partial charge in [-0.15, -0.1) is 11.3 Å². The van der Waals surface area contributed by atoms with E-state index in [2.05, 4.69) is 19.2 Å². The van der Waals surface area contributed by atoms with Crippen LogP contribution >= 0.6 is 11.3 Å². The predicted octanol–water partition coefficient (Wildman–Crippen LogP) is 3.25. The van der Waals surface area contributed by atoms with Crippen LogP contribution in [0.15, 0.2) is 29.6 Å². The van der Waals surface area contributed by atoms with E-state index in [9.17, 15) is 0 Å². The molecule has 1 aromatic heterocycles. The highest BCUT2D eigenvalue weighted by atomic mass is 32.1. The van der Waals surface area contributed by atoms with Crippen molar-refractivity contribution in [1.29, 1.82) is 0 Å². The number of benzene rings is 1. The summed E-state index contributed by atoms with van der Waals surface area (Å²) in [5, 5.41) is 3.11. The summed E-state index contributed by atoms with van der Waals surface area (Å²) < 4.78 is 5.69. The van der Waals surface area contributed by atoms with E-state index in [4.69, 9.17) is 15.5 Å². The summed E-state index contributed by atoms with van der Waals surface area (Å²) in [6.45, 7) is 4.95. The summed E-state index contributed by atoms with van der Waals surface area (Å²) in [6.07, 6.45) is 0.773. The molecule has 2 aromatic rings. The fraction of sp³-hybridized carbons (Fsp3) is 0.400. The van der Waals surface area contributed by atoms with Gasteiger partial charge in [-0.3, -0.25) is 0 Å². The minimum atomic E-state index is -0.507. The van der Waals surface area contributed by atoms with Gasteiger partial charge >= 0.3 is 0 Å². The maximum absolute atomic E-state index is 6.67. The van der Waals surface area contributed by atoms with Crippen molar-refractivity contribution in [3.05, 3.63) is 45.9 Å². The van der Waals surface area contributed by atoms with Gasteiger partial charge in [0.2, 0.25) is 0 Å². The lowest BCUT2D eigenvalue weighted by molar-refractivity contribution is 0.237. The molecular formula is C15H18N2OS. The molecule has 3 nitrogen and oxygen atoms in total. The minimum absolute atomic E-state index is 0.434. The van der Waals surface area contributed by atoms with Gasteiger partial charge in [0.05, 0.1) is 12.3 Å². The fourth-order valence-electron chi connectivity index (χ4n) is 2.40. The van der Waals surface area contributed by atoms with E-state index in [0.29, 0.717) is 12.5 Å². The van der Waals surface area contributed by atoms with Crippen LogP contribution in [-0.4, -0.2) is 11.6 Å². The molecule has 0 radical (unpaired) electrons. The van der Waals surface area contributed by atoms with Crippen LogP contribution in [0, 0.1) is 0 Å². The first-order valence-corrected chi connectivity index (χ1v) is 7.46. The third-order valence-electron chi connectivity index (χ3n) is 3.62. The van der Waals surface area contributed by atoms with Crippen LogP contribution in [0.1, 0.15) is 42.5 Å². The van der Waals surface area contributed by atoms with E-state index in [1.807, 2.05) is 24.3 Å². The molecular weight excluding hydrogens is 256 g/mol. The summed E-state index contributed by atoms with van der Waals surface area (Å²) in [5.41, 5.74) is 8.33. The standard InChI is InChI=1S/C15H18N2OS/c1-10(2)12-9-19-14(17-12)15(16)7-8-18-13-6-4-3-5-11(13)15/h3-6,9-10H,7-8,16H2,1-2H3. The van der Waals surface area contributed by atoms with Gasteiger partial charge in [-0.2, -0.15) is 0 Å². The molecule has 1 unspecified atom stereocenters. The second-order valence-corrected chi connectivity index (χ2v) is 6.16. The molecule has 3 rings (SSSR count). The number of nitrogens with two attached hydrogens (primary N) is 1. The second kappa shape index (κ2) is 4.62. The normalized spacial score (nSPS) is 22.1. The van der Waals surface area contributed by atoms with Gasteiger partial charge in [0, 0.05) is 17.4 Å². The Hall–Kier alpha value is -1.39. The van der Waals surface area contributed by atoms with E-state index in [1.165, 1.54) is 0 Å².